The van der Waals surface area contributed by atoms with Crippen LogP contribution in [0.2, 0.25) is 0 Å². The monoisotopic (exact) mass is 280 g/mol. The molecule has 0 aliphatic rings. The zero-order valence-corrected chi connectivity index (χ0v) is 11.1. The van der Waals surface area contributed by atoms with E-state index in [1.54, 1.807) is 48.5 Å². The molecule has 1 amide bonds. The van der Waals surface area contributed by atoms with Crippen LogP contribution in [0.3, 0.4) is 0 Å². The van der Waals surface area contributed by atoms with Gasteiger partial charge < -0.3 is 10.1 Å². The molecule has 1 N–H and O–H groups in total. The van der Waals surface area contributed by atoms with Crippen molar-refractivity contribution in [3.8, 4) is 11.8 Å². The lowest BCUT2D eigenvalue weighted by atomic mass is 10.2. The van der Waals surface area contributed by atoms with E-state index in [9.17, 15) is 9.59 Å². The van der Waals surface area contributed by atoms with Gasteiger partial charge in [-0.15, -0.1) is 0 Å². The van der Waals surface area contributed by atoms with Crippen LogP contribution < -0.4 is 10.1 Å². The summed E-state index contributed by atoms with van der Waals surface area (Å²) in [4.78, 5) is 22.4. The SMILES string of the molecule is N#Cc1cccc(NC(=O)COc2cccc(C=O)c2)c1. The van der Waals surface area contributed by atoms with Crippen LogP contribution in [0.5, 0.6) is 5.75 Å². The summed E-state index contributed by atoms with van der Waals surface area (Å²) < 4.78 is 5.30. The van der Waals surface area contributed by atoms with Crippen molar-refractivity contribution in [1.29, 1.82) is 5.26 Å². The number of carbonyl (C=O) groups excluding carboxylic acids is 2. The van der Waals surface area contributed by atoms with Gasteiger partial charge in [-0.2, -0.15) is 5.26 Å². The number of carbonyl (C=O) groups is 2. The molecule has 0 radical (unpaired) electrons. The second kappa shape index (κ2) is 6.87. The Morgan fingerprint density at radius 1 is 1.24 bits per heavy atom. The fourth-order valence-electron chi connectivity index (χ4n) is 1.69. The number of aldehydes is 1. The number of nitriles is 1. The van der Waals surface area contributed by atoms with Crippen molar-refractivity contribution in [2.75, 3.05) is 11.9 Å². The van der Waals surface area contributed by atoms with E-state index in [1.807, 2.05) is 6.07 Å². The molecule has 2 aromatic carbocycles. The summed E-state index contributed by atoms with van der Waals surface area (Å²) in [5.74, 6) is 0.0992. The summed E-state index contributed by atoms with van der Waals surface area (Å²) >= 11 is 0. The molecular weight excluding hydrogens is 268 g/mol. The van der Waals surface area contributed by atoms with Crippen LogP contribution in [0.1, 0.15) is 15.9 Å². The summed E-state index contributed by atoms with van der Waals surface area (Å²) in [6, 6.07) is 15.1. The highest BCUT2D eigenvalue weighted by Crippen LogP contribution is 2.13. The molecule has 0 aromatic heterocycles. The molecule has 21 heavy (non-hydrogen) atoms. The number of ether oxygens (including phenoxy) is 1. The molecule has 0 spiro atoms. The van der Waals surface area contributed by atoms with E-state index in [-0.39, 0.29) is 12.5 Å². The molecule has 2 rings (SSSR count). The van der Waals surface area contributed by atoms with Crippen molar-refractivity contribution in [3.63, 3.8) is 0 Å². The van der Waals surface area contributed by atoms with E-state index in [0.29, 0.717) is 28.8 Å². The molecule has 0 heterocycles. The minimum Gasteiger partial charge on any atom is -0.484 e. The average molecular weight is 280 g/mol. The topological polar surface area (TPSA) is 79.2 Å². The molecule has 0 fully saturated rings. The summed E-state index contributed by atoms with van der Waals surface area (Å²) in [6.45, 7) is -0.181. The molecule has 0 saturated heterocycles. The van der Waals surface area contributed by atoms with Crippen LogP contribution in [0, 0.1) is 11.3 Å². The van der Waals surface area contributed by atoms with Gasteiger partial charge in [-0.05, 0) is 30.3 Å². The van der Waals surface area contributed by atoms with E-state index in [1.165, 1.54) is 0 Å². The molecule has 5 heteroatoms. The molecule has 0 saturated carbocycles. The Balaban J connectivity index is 1.92. The van der Waals surface area contributed by atoms with Crippen molar-refractivity contribution < 1.29 is 14.3 Å². The minimum atomic E-state index is -0.346. The zero-order chi connectivity index (χ0) is 15.1. The fraction of sp³-hybridized carbons (Fsp3) is 0.0625. The average Bonchev–Trinajstić information content (AvgIpc) is 2.53. The number of benzene rings is 2. The van der Waals surface area contributed by atoms with Crippen molar-refractivity contribution >= 4 is 17.9 Å². The third kappa shape index (κ3) is 4.18. The largest absolute Gasteiger partial charge is 0.484 e. The Bertz CT molecular complexity index is 705. The molecule has 0 aliphatic carbocycles. The Kier molecular flexibility index (Phi) is 4.67. The number of hydrogen-bond donors (Lipinski definition) is 1. The van der Waals surface area contributed by atoms with Crippen LogP contribution in [-0.2, 0) is 4.79 Å². The lowest BCUT2D eigenvalue weighted by Gasteiger charge is -2.08. The van der Waals surface area contributed by atoms with Crippen LogP contribution in [0.4, 0.5) is 5.69 Å². The molecule has 0 aliphatic heterocycles. The van der Waals surface area contributed by atoms with Crippen molar-refractivity contribution in [2.45, 2.75) is 0 Å². The molecule has 104 valence electrons. The highest BCUT2D eigenvalue weighted by atomic mass is 16.5. The predicted octanol–water partition coefficient (Wildman–Crippen LogP) is 2.39. The number of nitrogens with one attached hydrogen (secondary N) is 1. The quantitative estimate of drug-likeness (QED) is 0.853. The van der Waals surface area contributed by atoms with Crippen LogP contribution in [0.25, 0.3) is 0 Å². The summed E-state index contributed by atoms with van der Waals surface area (Å²) in [5.41, 5.74) is 1.48. The zero-order valence-electron chi connectivity index (χ0n) is 11.1. The highest BCUT2D eigenvalue weighted by Gasteiger charge is 2.05. The Hall–Kier alpha value is -3.13. The van der Waals surface area contributed by atoms with Crippen LogP contribution in [-0.4, -0.2) is 18.8 Å². The number of hydrogen-bond acceptors (Lipinski definition) is 4. The summed E-state index contributed by atoms with van der Waals surface area (Å²) in [5, 5.41) is 11.4. The molecular formula is C16H12N2O3. The number of amides is 1. The van der Waals surface area contributed by atoms with E-state index in [4.69, 9.17) is 10.00 Å². The Morgan fingerprint density at radius 2 is 2.05 bits per heavy atom. The first-order valence-corrected chi connectivity index (χ1v) is 6.19. The minimum absolute atomic E-state index is 0.181. The molecule has 0 bridgehead atoms. The van der Waals surface area contributed by atoms with Gasteiger partial charge in [0, 0.05) is 11.3 Å². The lowest BCUT2D eigenvalue weighted by molar-refractivity contribution is -0.118. The van der Waals surface area contributed by atoms with Gasteiger partial charge in [0.2, 0.25) is 0 Å². The maximum atomic E-state index is 11.8. The van der Waals surface area contributed by atoms with Crippen molar-refractivity contribution in [3.05, 3.63) is 59.7 Å². The van der Waals surface area contributed by atoms with Gasteiger partial charge in [-0.25, -0.2) is 0 Å². The smallest absolute Gasteiger partial charge is 0.262 e. The van der Waals surface area contributed by atoms with Gasteiger partial charge in [-0.1, -0.05) is 18.2 Å². The summed E-state index contributed by atoms with van der Waals surface area (Å²) in [7, 11) is 0. The number of nitrogens with zero attached hydrogens (tertiary/aromatic N) is 1. The maximum Gasteiger partial charge on any atom is 0.262 e. The molecule has 5 nitrogen and oxygen atoms in total. The van der Waals surface area contributed by atoms with Crippen molar-refractivity contribution in [2.24, 2.45) is 0 Å². The van der Waals surface area contributed by atoms with Crippen molar-refractivity contribution in [1.82, 2.24) is 0 Å². The van der Waals surface area contributed by atoms with Gasteiger partial charge >= 0.3 is 0 Å². The molecule has 0 unspecified atom stereocenters. The second-order valence-electron chi connectivity index (χ2n) is 4.22. The van der Waals surface area contributed by atoms with Gasteiger partial charge in [0.1, 0.15) is 12.0 Å². The molecule has 0 atom stereocenters. The first kappa shape index (κ1) is 14.3. The predicted molar refractivity (Wildman–Crippen MR) is 77.1 cm³/mol. The molecule has 2 aromatic rings. The van der Waals surface area contributed by atoms with Gasteiger partial charge in [0.05, 0.1) is 11.6 Å². The first-order valence-electron chi connectivity index (χ1n) is 6.19. The second-order valence-corrected chi connectivity index (χ2v) is 4.22. The van der Waals surface area contributed by atoms with Crippen LogP contribution >= 0.6 is 0 Å². The lowest BCUT2D eigenvalue weighted by Crippen LogP contribution is -2.20. The van der Waals surface area contributed by atoms with E-state index in [2.05, 4.69) is 5.32 Å². The standard InChI is InChI=1S/C16H12N2O3/c17-9-12-3-1-5-14(7-12)18-16(20)11-21-15-6-2-4-13(8-15)10-19/h1-8,10H,11H2,(H,18,20). The van der Waals surface area contributed by atoms with Gasteiger partial charge in [0.15, 0.2) is 6.61 Å². The number of rotatable bonds is 5. The van der Waals surface area contributed by atoms with Gasteiger partial charge in [-0.3, -0.25) is 9.59 Å². The van der Waals surface area contributed by atoms with E-state index < -0.39 is 0 Å². The fourth-order valence-corrected chi connectivity index (χ4v) is 1.69. The normalized spacial score (nSPS) is 9.48. The third-order valence-corrected chi connectivity index (χ3v) is 2.64. The first-order chi connectivity index (χ1) is 10.2. The van der Waals surface area contributed by atoms with E-state index in [0.717, 1.165) is 0 Å². The Morgan fingerprint density at radius 3 is 2.81 bits per heavy atom. The maximum absolute atomic E-state index is 11.8. The van der Waals surface area contributed by atoms with Crippen LogP contribution in [0.15, 0.2) is 48.5 Å². The summed E-state index contributed by atoms with van der Waals surface area (Å²) in [6.07, 6.45) is 0.709. The van der Waals surface area contributed by atoms with Gasteiger partial charge in [0.25, 0.3) is 5.91 Å². The highest BCUT2D eigenvalue weighted by molar-refractivity contribution is 5.92. The van der Waals surface area contributed by atoms with E-state index >= 15 is 0 Å². The third-order valence-electron chi connectivity index (χ3n) is 2.64. The number of anilines is 1. The Labute approximate surface area is 121 Å².